The predicted octanol–water partition coefficient (Wildman–Crippen LogP) is 1.91. The van der Waals surface area contributed by atoms with Gasteiger partial charge in [0.2, 0.25) is 10.0 Å². The van der Waals surface area contributed by atoms with E-state index in [0.717, 1.165) is 5.56 Å². The van der Waals surface area contributed by atoms with Crippen LogP contribution in [0.15, 0.2) is 46.0 Å². The highest BCUT2D eigenvalue weighted by molar-refractivity contribution is 9.10. The fraction of sp³-hybridized carbons (Fsp3) is 0.154. The molecule has 1 aromatic heterocycles. The van der Waals surface area contributed by atoms with E-state index >= 15 is 0 Å². The van der Waals surface area contributed by atoms with Gasteiger partial charge in [-0.3, -0.25) is 4.98 Å². The van der Waals surface area contributed by atoms with Crippen molar-refractivity contribution in [3.05, 3.63) is 46.7 Å². The normalized spacial score (nSPS) is 11.3. The lowest BCUT2D eigenvalue weighted by Crippen LogP contribution is -2.23. The number of halogens is 1. The summed E-state index contributed by atoms with van der Waals surface area (Å²) < 4.78 is 32.4. The number of anilines is 1. The Morgan fingerprint density at radius 3 is 2.71 bits per heavy atom. The van der Waals surface area contributed by atoms with E-state index in [1.54, 1.807) is 18.2 Å². The molecule has 0 spiro atoms. The average molecular weight is 372 g/mol. The summed E-state index contributed by atoms with van der Waals surface area (Å²) in [5.74, 6) is 0.554. The molecule has 2 rings (SSSR count). The lowest BCUT2D eigenvalue weighted by Gasteiger charge is -2.09. The quantitative estimate of drug-likeness (QED) is 0.782. The fourth-order valence-electron chi connectivity index (χ4n) is 1.69. The van der Waals surface area contributed by atoms with Crippen LogP contribution in [0.2, 0.25) is 0 Å². The summed E-state index contributed by atoms with van der Waals surface area (Å²) in [6.07, 6.45) is 2.80. The monoisotopic (exact) mass is 371 g/mol. The molecule has 21 heavy (non-hydrogen) atoms. The molecule has 3 N–H and O–H groups in total. The fourth-order valence-corrected chi connectivity index (χ4v) is 3.22. The Kier molecular flexibility index (Phi) is 4.81. The molecular weight excluding hydrogens is 358 g/mol. The van der Waals surface area contributed by atoms with Crippen molar-refractivity contribution >= 4 is 31.6 Å². The van der Waals surface area contributed by atoms with Crippen LogP contribution in [0.4, 0.5) is 5.69 Å². The summed E-state index contributed by atoms with van der Waals surface area (Å²) in [4.78, 5) is 3.94. The third-order valence-electron chi connectivity index (χ3n) is 2.75. The van der Waals surface area contributed by atoms with E-state index in [9.17, 15) is 8.42 Å². The van der Waals surface area contributed by atoms with Crippen molar-refractivity contribution in [2.24, 2.45) is 0 Å². The zero-order valence-electron chi connectivity index (χ0n) is 11.2. The van der Waals surface area contributed by atoms with Gasteiger partial charge in [0.05, 0.1) is 12.8 Å². The topological polar surface area (TPSA) is 94.3 Å². The molecule has 0 fully saturated rings. The SMILES string of the molecule is COc1ccc(CNS(=O)(=O)c2cncc(Br)c2)cc1N. The van der Waals surface area contributed by atoms with E-state index in [4.69, 9.17) is 10.5 Å². The van der Waals surface area contributed by atoms with Crippen LogP contribution in [0.3, 0.4) is 0 Å². The molecule has 6 nitrogen and oxygen atoms in total. The van der Waals surface area contributed by atoms with Crippen molar-refractivity contribution < 1.29 is 13.2 Å². The Bertz CT molecular complexity index is 750. The number of pyridine rings is 1. The first-order chi connectivity index (χ1) is 9.92. The van der Waals surface area contributed by atoms with E-state index in [0.29, 0.717) is 15.9 Å². The average Bonchev–Trinajstić information content (AvgIpc) is 2.45. The zero-order valence-corrected chi connectivity index (χ0v) is 13.6. The van der Waals surface area contributed by atoms with Crippen LogP contribution in [-0.2, 0) is 16.6 Å². The van der Waals surface area contributed by atoms with Gasteiger partial charge in [-0.05, 0) is 39.7 Å². The number of aromatic nitrogens is 1. The first kappa shape index (κ1) is 15.7. The lowest BCUT2D eigenvalue weighted by molar-refractivity contribution is 0.417. The van der Waals surface area contributed by atoms with Gasteiger partial charge in [-0.25, -0.2) is 13.1 Å². The van der Waals surface area contributed by atoms with Crippen LogP contribution in [0.5, 0.6) is 5.75 Å². The number of rotatable bonds is 5. The molecule has 0 saturated heterocycles. The summed E-state index contributed by atoms with van der Waals surface area (Å²) in [6, 6.07) is 6.59. The second-order valence-corrected chi connectivity index (χ2v) is 6.92. The van der Waals surface area contributed by atoms with Gasteiger partial charge < -0.3 is 10.5 Å². The molecule has 0 aliphatic rings. The number of sulfonamides is 1. The third kappa shape index (κ3) is 3.93. The summed E-state index contributed by atoms with van der Waals surface area (Å²) >= 11 is 3.19. The molecule has 0 atom stereocenters. The second kappa shape index (κ2) is 6.42. The zero-order chi connectivity index (χ0) is 15.5. The molecule has 0 unspecified atom stereocenters. The third-order valence-corrected chi connectivity index (χ3v) is 4.55. The van der Waals surface area contributed by atoms with E-state index in [1.807, 2.05) is 0 Å². The van der Waals surface area contributed by atoms with Crippen molar-refractivity contribution in [1.29, 1.82) is 0 Å². The number of methoxy groups -OCH3 is 1. The molecule has 8 heteroatoms. The molecule has 0 saturated carbocycles. The number of ether oxygens (including phenoxy) is 1. The Morgan fingerprint density at radius 1 is 1.33 bits per heavy atom. The van der Waals surface area contributed by atoms with Crippen molar-refractivity contribution in [3.8, 4) is 5.75 Å². The largest absolute Gasteiger partial charge is 0.495 e. The summed E-state index contributed by atoms with van der Waals surface area (Å²) in [6.45, 7) is 0.128. The number of hydrogen-bond acceptors (Lipinski definition) is 5. The maximum absolute atomic E-state index is 12.1. The highest BCUT2D eigenvalue weighted by Crippen LogP contribution is 2.22. The maximum atomic E-state index is 12.1. The summed E-state index contributed by atoms with van der Waals surface area (Å²) in [5.41, 5.74) is 6.98. The number of benzene rings is 1. The van der Waals surface area contributed by atoms with E-state index < -0.39 is 10.0 Å². The molecule has 0 radical (unpaired) electrons. The van der Waals surface area contributed by atoms with Gasteiger partial charge in [0.1, 0.15) is 10.6 Å². The van der Waals surface area contributed by atoms with E-state index in [2.05, 4.69) is 25.6 Å². The summed E-state index contributed by atoms with van der Waals surface area (Å²) in [7, 11) is -2.10. The van der Waals surface area contributed by atoms with Gasteiger partial charge in [-0.15, -0.1) is 0 Å². The van der Waals surface area contributed by atoms with Crippen LogP contribution in [0.1, 0.15) is 5.56 Å². The molecule has 2 aromatic rings. The molecule has 0 amide bonds. The minimum atomic E-state index is -3.62. The molecular formula is C13H14BrN3O3S. The minimum absolute atomic E-state index is 0.0957. The minimum Gasteiger partial charge on any atom is -0.495 e. The Labute approximate surface area is 131 Å². The standard InChI is InChI=1S/C13H14BrN3O3S/c1-20-13-3-2-9(4-12(13)15)6-17-21(18,19)11-5-10(14)7-16-8-11/h2-5,7-8,17H,6,15H2,1H3. The second-order valence-electron chi connectivity index (χ2n) is 4.24. The Morgan fingerprint density at radius 2 is 2.10 bits per heavy atom. The molecule has 0 aliphatic heterocycles. The van der Waals surface area contributed by atoms with Crippen LogP contribution < -0.4 is 15.2 Å². The maximum Gasteiger partial charge on any atom is 0.242 e. The van der Waals surface area contributed by atoms with Crippen LogP contribution in [0, 0.1) is 0 Å². The van der Waals surface area contributed by atoms with E-state index in [-0.39, 0.29) is 11.4 Å². The van der Waals surface area contributed by atoms with Gasteiger partial charge in [-0.2, -0.15) is 0 Å². The summed E-state index contributed by atoms with van der Waals surface area (Å²) in [5, 5.41) is 0. The van der Waals surface area contributed by atoms with Gasteiger partial charge in [0.25, 0.3) is 0 Å². The Hall–Kier alpha value is -1.64. The van der Waals surface area contributed by atoms with Crippen LogP contribution in [-0.4, -0.2) is 20.5 Å². The first-order valence-corrected chi connectivity index (χ1v) is 8.22. The van der Waals surface area contributed by atoms with Crippen molar-refractivity contribution in [3.63, 3.8) is 0 Å². The number of nitrogens with two attached hydrogens (primary N) is 1. The molecule has 1 aromatic carbocycles. The van der Waals surface area contributed by atoms with Crippen molar-refractivity contribution in [1.82, 2.24) is 9.71 Å². The number of nitrogen functional groups attached to an aromatic ring is 1. The highest BCUT2D eigenvalue weighted by atomic mass is 79.9. The van der Waals surface area contributed by atoms with Gasteiger partial charge in [0, 0.05) is 23.4 Å². The molecule has 0 bridgehead atoms. The van der Waals surface area contributed by atoms with E-state index in [1.165, 1.54) is 25.6 Å². The van der Waals surface area contributed by atoms with Crippen LogP contribution >= 0.6 is 15.9 Å². The molecule has 0 aliphatic carbocycles. The predicted molar refractivity (Wildman–Crippen MR) is 83.4 cm³/mol. The van der Waals surface area contributed by atoms with Gasteiger partial charge in [-0.1, -0.05) is 6.07 Å². The number of hydrogen-bond donors (Lipinski definition) is 2. The number of nitrogens with zero attached hydrogens (tertiary/aromatic N) is 1. The molecule has 112 valence electrons. The van der Waals surface area contributed by atoms with Crippen LogP contribution in [0.25, 0.3) is 0 Å². The van der Waals surface area contributed by atoms with Crippen molar-refractivity contribution in [2.75, 3.05) is 12.8 Å². The Balaban J connectivity index is 2.13. The van der Waals surface area contributed by atoms with Gasteiger partial charge in [0.15, 0.2) is 0 Å². The number of nitrogens with one attached hydrogen (secondary N) is 1. The first-order valence-electron chi connectivity index (χ1n) is 5.95. The smallest absolute Gasteiger partial charge is 0.242 e. The van der Waals surface area contributed by atoms with Gasteiger partial charge >= 0.3 is 0 Å². The highest BCUT2D eigenvalue weighted by Gasteiger charge is 2.14. The lowest BCUT2D eigenvalue weighted by atomic mass is 10.2. The molecule has 1 heterocycles. The van der Waals surface area contributed by atoms with Crippen molar-refractivity contribution in [2.45, 2.75) is 11.4 Å².